The summed E-state index contributed by atoms with van der Waals surface area (Å²) in [4.78, 5) is 16.5. The van der Waals surface area contributed by atoms with Crippen molar-refractivity contribution in [1.29, 1.82) is 0 Å². The van der Waals surface area contributed by atoms with Crippen molar-refractivity contribution < 1.29 is 14.6 Å². The summed E-state index contributed by atoms with van der Waals surface area (Å²) in [7, 11) is 0. The van der Waals surface area contributed by atoms with Crippen LogP contribution >= 0.6 is 22.6 Å². The van der Waals surface area contributed by atoms with Gasteiger partial charge in [0.15, 0.2) is 0 Å². The van der Waals surface area contributed by atoms with E-state index in [9.17, 15) is 9.90 Å². The van der Waals surface area contributed by atoms with Crippen LogP contribution in [0.25, 0.3) is 33.3 Å². The third-order valence-corrected chi connectivity index (χ3v) is 5.35. The van der Waals surface area contributed by atoms with E-state index in [1.165, 1.54) is 0 Å². The molecular weight excluding hydrogens is 477 g/mol. The number of carboxylic acid groups (broad SMARTS) is 1. The number of hydrogen-bond donors (Lipinski definition) is 1. The lowest BCUT2D eigenvalue weighted by Gasteiger charge is -2.11. The van der Waals surface area contributed by atoms with E-state index < -0.39 is 5.97 Å². The van der Waals surface area contributed by atoms with Crippen molar-refractivity contribution in [3.8, 4) is 28.1 Å². The Bertz CT molecular complexity index is 1200. The minimum absolute atomic E-state index is 0.259. The van der Waals surface area contributed by atoms with Crippen molar-refractivity contribution in [3.63, 3.8) is 0 Å². The smallest absolute Gasteiger partial charge is 0.336 e. The zero-order chi connectivity index (χ0) is 20.4. The van der Waals surface area contributed by atoms with Crippen LogP contribution in [-0.2, 0) is 0 Å². The third kappa shape index (κ3) is 3.96. The van der Waals surface area contributed by atoms with Gasteiger partial charge in [0.05, 0.1) is 23.4 Å². The number of carbonyl (C=O) groups is 1. The molecule has 0 saturated heterocycles. The van der Waals surface area contributed by atoms with Crippen molar-refractivity contribution in [1.82, 2.24) is 4.98 Å². The van der Waals surface area contributed by atoms with Gasteiger partial charge in [0.1, 0.15) is 5.75 Å². The number of rotatable bonds is 5. The number of carboxylic acids is 1. The summed E-state index contributed by atoms with van der Waals surface area (Å²) in [5.41, 5.74) is 4.49. The Kier molecular flexibility index (Phi) is 5.49. The Morgan fingerprint density at radius 1 is 1.00 bits per heavy atom. The zero-order valence-corrected chi connectivity index (χ0v) is 17.9. The molecule has 0 fully saturated rings. The molecule has 0 unspecified atom stereocenters. The summed E-state index contributed by atoms with van der Waals surface area (Å²) < 4.78 is 6.70. The molecule has 0 aliphatic heterocycles. The largest absolute Gasteiger partial charge is 0.493 e. The number of hydrogen-bond acceptors (Lipinski definition) is 3. The van der Waals surface area contributed by atoms with E-state index in [1.807, 2.05) is 73.7 Å². The topological polar surface area (TPSA) is 59.4 Å². The maximum atomic E-state index is 11.8. The molecule has 1 N–H and O–H groups in total. The fourth-order valence-corrected chi connectivity index (χ4v) is 3.82. The Morgan fingerprint density at radius 2 is 1.72 bits per heavy atom. The van der Waals surface area contributed by atoms with Crippen LogP contribution in [0.5, 0.6) is 5.75 Å². The van der Waals surface area contributed by atoms with Crippen molar-refractivity contribution in [2.45, 2.75) is 6.92 Å². The number of ether oxygens (including phenoxy) is 1. The summed E-state index contributed by atoms with van der Waals surface area (Å²) in [6.45, 7) is 2.57. The van der Waals surface area contributed by atoms with Gasteiger partial charge in [-0.05, 0) is 65.4 Å². The van der Waals surface area contributed by atoms with E-state index in [2.05, 4.69) is 27.6 Å². The van der Waals surface area contributed by atoms with Gasteiger partial charge >= 0.3 is 5.97 Å². The van der Waals surface area contributed by atoms with Crippen LogP contribution in [0.4, 0.5) is 0 Å². The van der Waals surface area contributed by atoms with Crippen molar-refractivity contribution in [2.24, 2.45) is 0 Å². The highest BCUT2D eigenvalue weighted by molar-refractivity contribution is 14.1. The van der Waals surface area contributed by atoms with Gasteiger partial charge in [0, 0.05) is 20.1 Å². The molecule has 0 bridgehead atoms. The quantitative estimate of drug-likeness (QED) is 0.332. The standard InChI is InChI=1S/C24H18INO3/c1-2-29-23-6-4-3-5-18(23)15-7-9-16(10-8-15)22-14-20(24(27)28)19-13-17(25)11-12-21(19)26-22/h3-14H,2H2,1H3,(H,27,28). The molecular formula is C24H18INO3. The van der Waals surface area contributed by atoms with Gasteiger partial charge in [0.2, 0.25) is 0 Å². The SMILES string of the molecule is CCOc1ccccc1-c1ccc(-c2cc(C(=O)O)c3cc(I)ccc3n2)cc1. The van der Waals surface area contributed by atoms with E-state index in [1.54, 1.807) is 6.07 Å². The summed E-state index contributed by atoms with van der Waals surface area (Å²) in [6.07, 6.45) is 0. The van der Waals surface area contributed by atoms with Gasteiger partial charge in [-0.2, -0.15) is 0 Å². The Hall–Kier alpha value is -2.93. The first-order valence-electron chi connectivity index (χ1n) is 9.23. The molecule has 1 aromatic heterocycles. The summed E-state index contributed by atoms with van der Waals surface area (Å²) in [5, 5.41) is 10.3. The minimum atomic E-state index is -0.956. The second kappa shape index (κ2) is 8.21. The molecule has 3 aromatic carbocycles. The van der Waals surface area contributed by atoms with Crippen LogP contribution in [0.1, 0.15) is 17.3 Å². The average Bonchev–Trinajstić information content (AvgIpc) is 2.74. The number of pyridine rings is 1. The molecule has 0 aliphatic carbocycles. The molecule has 4 rings (SSSR count). The predicted molar refractivity (Wildman–Crippen MR) is 123 cm³/mol. The molecule has 0 aliphatic rings. The normalized spacial score (nSPS) is 10.8. The highest BCUT2D eigenvalue weighted by Gasteiger charge is 2.14. The van der Waals surface area contributed by atoms with Crippen molar-refractivity contribution in [2.75, 3.05) is 6.61 Å². The first-order chi connectivity index (χ1) is 14.1. The molecule has 0 radical (unpaired) electrons. The first kappa shape index (κ1) is 19.4. The summed E-state index contributed by atoms with van der Waals surface area (Å²) >= 11 is 2.17. The number of para-hydroxylation sites is 1. The van der Waals surface area contributed by atoms with Gasteiger partial charge in [-0.25, -0.2) is 9.78 Å². The fourth-order valence-electron chi connectivity index (χ4n) is 3.33. The van der Waals surface area contributed by atoms with Crippen LogP contribution in [0, 0.1) is 3.57 Å². The van der Waals surface area contributed by atoms with Crippen LogP contribution in [-0.4, -0.2) is 22.7 Å². The van der Waals surface area contributed by atoms with E-state index in [4.69, 9.17) is 4.74 Å². The van der Waals surface area contributed by atoms with Crippen molar-refractivity contribution in [3.05, 3.63) is 81.9 Å². The number of nitrogens with zero attached hydrogens (tertiary/aromatic N) is 1. The lowest BCUT2D eigenvalue weighted by molar-refractivity contribution is 0.0699. The van der Waals surface area contributed by atoms with Gasteiger partial charge in [-0.1, -0.05) is 42.5 Å². The zero-order valence-electron chi connectivity index (χ0n) is 15.7. The summed E-state index contributed by atoms with van der Waals surface area (Å²) in [6, 6.07) is 23.1. The Morgan fingerprint density at radius 3 is 2.45 bits per heavy atom. The van der Waals surface area contributed by atoms with Crippen molar-refractivity contribution >= 4 is 39.5 Å². The molecule has 4 aromatic rings. The average molecular weight is 495 g/mol. The molecule has 0 saturated carbocycles. The molecule has 29 heavy (non-hydrogen) atoms. The Balaban J connectivity index is 1.78. The minimum Gasteiger partial charge on any atom is -0.493 e. The molecule has 4 nitrogen and oxygen atoms in total. The van der Waals surface area contributed by atoms with Gasteiger partial charge in [-0.15, -0.1) is 0 Å². The first-order valence-corrected chi connectivity index (χ1v) is 10.3. The van der Waals surface area contributed by atoms with Crippen LogP contribution < -0.4 is 4.74 Å². The molecule has 0 amide bonds. The maximum Gasteiger partial charge on any atom is 0.336 e. The third-order valence-electron chi connectivity index (χ3n) is 4.68. The van der Waals surface area contributed by atoms with Gasteiger partial charge < -0.3 is 9.84 Å². The predicted octanol–water partition coefficient (Wildman–Crippen LogP) is 6.27. The fraction of sp³-hybridized carbons (Fsp3) is 0.0833. The summed E-state index contributed by atoms with van der Waals surface area (Å²) in [5.74, 6) is -0.114. The number of aromatic nitrogens is 1. The lowest BCUT2D eigenvalue weighted by atomic mass is 10.00. The van der Waals surface area contributed by atoms with E-state index in [0.717, 1.165) is 26.0 Å². The van der Waals surface area contributed by atoms with Crippen LogP contribution in [0.2, 0.25) is 0 Å². The number of halogens is 1. The van der Waals surface area contributed by atoms with E-state index in [0.29, 0.717) is 23.2 Å². The highest BCUT2D eigenvalue weighted by atomic mass is 127. The highest BCUT2D eigenvalue weighted by Crippen LogP contribution is 2.32. The number of benzene rings is 3. The molecule has 0 atom stereocenters. The maximum absolute atomic E-state index is 11.8. The van der Waals surface area contributed by atoms with E-state index >= 15 is 0 Å². The number of fused-ring (bicyclic) bond motifs is 1. The lowest BCUT2D eigenvalue weighted by Crippen LogP contribution is -2.00. The van der Waals surface area contributed by atoms with Gasteiger partial charge in [0.25, 0.3) is 0 Å². The molecule has 1 heterocycles. The van der Waals surface area contributed by atoms with Crippen LogP contribution in [0.15, 0.2) is 72.8 Å². The van der Waals surface area contributed by atoms with Gasteiger partial charge in [-0.3, -0.25) is 0 Å². The second-order valence-electron chi connectivity index (χ2n) is 6.53. The number of aromatic carboxylic acids is 1. The molecule has 5 heteroatoms. The van der Waals surface area contributed by atoms with Crippen LogP contribution in [0.3, 0.4) is 0 Å². The molecule has 0 spiro atoms. The monoisotopic (exact) mass is 495 g/mol. The van der Waals surface area contributed by atoms with E-state index in [-0.39, 0.29) is 5.56 Å². The second-order valence-corrected chi connectivity index (χ2v) is 7.77. The Labute approximate surface area is 182 Å². The molecule has 144 valence electrons.